The van der Waals surface area contributed by atoms with Crippen LogP contribution in [0.15, 0.2) is 55.0 Å². The maximum absolute atomic E-state index is 13.0. The van der Waals surface area contributed by atoms with Crippen LogP contribution in [0.1, 0.15) is 22.8 Å². The van der Waals surface area contributed by atoms with Gasteiger partial charge in [-0.1, -0.05) is 18.2 Å². The second kappa shape index (κ2) is 4.45. The first-order valence-corrected chi connectivity index (χ1v) is 7.09. The van der Waals surface area contributed by atoms with Crippen molar-refractivity contribution in [3.8, 4) is 0 Å². The predicted molar refractivity (Wildman–Crippen MR) is 81.6 cm³/mol. The normalized spacial score (nSPS) is 17.2. The lowest BCUT2D eigenvalue weighted by Gasteiger charge is -2.23. The summed E-state index contributed by atoms with van der Waals surface area (Å²) >= 11 is 0. The van der Waals surface area contributed by atoms with Crippen LogP contribution in [0, 0.1) is 0 Å². The van der Waals surface area contributed by atoms with Crippen LogP contribution in [0.4, 0.5) is 5.69 Å². The molecule has 4 rings (SSSR count). The minimum absolute atomic E-state index is 0.0178. The van der Waals surface area contributed by atoms with Crippen LogP contribution >= 0.6 is 0 Å². The van der Waals surface area contributed by atoms with Crippen molar-refractivity contribution in [3.05, 3.63) is 66.1 Å². The van der Waals surface area contributed by atoms with Gasteiger partial charge in [-0.05, 0) is 37.1 Å². The van der Waals surface area contributed by atoms with Gasteiger partial charge in [-0.2, -0.15) is 0 Å². The van der Waals surface area contributed by atoms with Gasteiger partial charge in [0.1, 0.15) is 5.65 Å². The third-order valence-electron chi connectivity index (χ3n) is 4.08. The van der Waals surface area contributed by atoms with Gasteiger partial charge >= 0.3 is 0 Å². The van der Waals surface area contributed by atoms with Crippen molar-refractivity contribution in [1.29, 1.82) is 0 Å². The Labute approximate surface area is 122 Å². The molecular weight excluding hydrogens is 262 g/mol. The van der Waals surface area contributed by atoms with Gasteiger partial charge in [0.15, 0.2) is 0 Å². The van der Waals surface area contributed by atoms with Crippen molar-refractivity contribution < 1.29 is 4.79 Å². The molecule has 4 nitrogen and oxygen atoms in total. The molecule has 104 valence electrons. The lowest BCUT2D eigenvalue weighted by atomic mass is 10.1. The Hall–Kier alpha value is -2.62. The molecule has 4 heteroatoms. The molecule has 1 aliphatic rings. The monoisotopic (exact) mass is 277 g/mol. The molecule has 1 aromatic carbocycles. The van der Waals surface area contributed by atoms with Crippen molar-refractivity contribution in [2.24, 2.45) is 0 Å². The van der Waals surface area contributed by atoms with Crippen molar-refractivity contribution in [3.63, 3.8) is 0 Å². The number of hydrogen-bond donors (Lipinski definition) is 0. The van der Waals surface area contributed by atoms with Crippen LogP contribution in [-0.4, -0.2) is 21.3 Å². The predicted octanol–water partition coefficient (Wildman–Crippen LogP) is 2.93. The number of fused-ring (bicyclic) bond motifs is 2. The zero-order valence-electron chi connectivity index (χ0n) is 11.7. The summed E-state index contributed by atoms with van der Waals surface area (Å²) in [7, 11) is 0. The standard InChI is InChI=1S/C17H15N3O/c1-12-11-13-5-2-3-7-15(13)20(12)17(21)14-6-4-9-19-10-8-18-16(14)19/h2-10,12H,11H2,1H3. The van der Waals surface area contributed by atoms with Gasteiger partial charge in [0.25, 0.3) is 5.91 Å². The number of rotatable bonds is 1. The second-order valence-electron chi connectivity index (χ2n) is 5.44. The fraction of sp³-hybridized carbons (Fsp3) is 0.176. The van der Waals surface area contributed by atoms with E-state index < -0.39 is 0 Å². The summed E-state index contributed by atoms with van der Waals surface area (Å²) in [5, 5.41) is 0. The molecule has 3 heterocycles. The second-order valence-corrected chi connectivity index (χ2v) is 5.44. The average Bonchev–Trinajstić information content (AvgIpc) is 3.09. The van der Waals surface area contributed by atoms with Crippen molar-refractivity contribution in [2.75, 3.05) is 4.90 Å². The summed E-state index contributed by atoms with van der Waals surface area (Å²) in [6.45, 7) is 2.09. The lowest BCUT2D eigenvalue weighted by Crippen LogP contribution is -2.36. The van der Waals surface area contributed by atoms with Gasteiger partial charge in [-0.15, -0.1) is 0 Å². The molecule has 0 spiro atoms. The largest absolute Gasteiger partial charge is 0.306 e. The third-order valence-corrected chi connectivity index (χ3v) is 4.08. The maximum atomic E-state index is 13.0. The molecule has 0 saturated carbocycles. The van der Waals surface area contributed by atoms with E-state index >= 15 is 0 Å². The number of pyridine rings is 1. The molecule has 0 fully saturated rings. The fourth-order valence-corrected chi connectivity index (χ4v) is 3.12. The quantitative estimate of drug-likeness (QED) is 0.686. The summed E-state index contributed by atoms with van der Waals surface area (Å²) in [6, 6.07) is 12.0. The number of aromatic nitrogens is 2. The molecule has 0 aliphatic carbocycles. The van der Waals surface area contributed by atoms with Gasteiger partial charge in [-0.3, -0.25) is 4.79 Å². The van der Waals surface area contributed by atoms with Crippen molar-refractivity contribution >= 4 is 17.2 Å². The van der Waals surface area contributed by atoms with Crippen LogP contribution in [-0.2, 0) is 6.42 Å². The Morgan fingerprint density at radius 3 is 2.95 bits per heavy atom. The van der Waals surface area contributed by atoms with Crippen LogP contribution < -0.4 is 4.90 Å². The smallest absolute Gasteiger partial charge is 0.262 e. The van der Waals surface area contributed by atoms with E-state index in [4.69, 9.17) is 0 Å². The first-order valence-electron chi connectivity index (χ1n) is 7.09. The lowest BCUT2D eigenvalue weighted by molar-refractivity contribution is 0.0982. The molecule has 2 aromatic heterocycles. The van der Waals surface area contributed by atoms with E-state index in [-0.39, 0.29) is 11.9 Å². The summed E-state index contributed by atoms with van der Waals surface area (Å²) in [5.74, 6) is 0.0178. The maximum Gasteiger partial charge on any atom is 0.262 e. The first kappa shape index (κ1) is 12.1. The molecule has 3 aromatic rings. The molecule has 1 amide bonds. The van der Waals surface area contributed by atoms with Gasteiger partial charge in [-0.25, -0.2) is 4.98 Å². The highest BCUT2D eigenvalue weighted by Crippen LogP contribution is 2.33. The van der Waals surface area contributed by atoms with E-state index in [9.17, 15) is 4.79 Å². The van der Waals surface area contributed by atoms with Crippen LogP contribution in [0.3, 0.4) is 0 Å². The van der Waals surface area contributed by atoms with E-state index in [0.717, 1.165) is 12.1 Å². The molecule has 21 heavy (non-hydrogen) atoms. The number of amides is 1. The van der Waals surface area contributed by atoms with E-state index in [1.165, 1.54) is 5.56 Å². The highest BCUT2D eigenvalue weighted by atomic mass is 16.2. The van der Waals surface area contributed by atoms with Gasteiger partial charge in [0.05, 0.1) is 5.56 Å². The van der Waals surface area contributed by atoms with E-state index in [2.05, 4.69) is 18.0 Å². The number of hydrogen-bond acceptors (Lipinski definition) is 2. The molecule has 1 aliphatic heterocycles. The molecule has 0 N–H and O–H groups in total. The number of benzene rings is 1. The molecule has 0 radical (unpaired) electrons. The van der Waals surface area contributed by atoms with Crippen LogP contribution in [0.2, 0.25) is 0 Å². The average molecular weight is 277 g/mol. The number of nitrogens with zero attached hydrogens (tertiary/aromatic N) is 3. The third kappa shape index (κ3) is 1.76. The highest BCUT2D eigenvalue weighted by Gasteiger charge is 2.32. The summed E-state index contributed by atoms with van der Waals surface area (Å²) in [4.78, 5) is 19.2. The zero-order valence-corrected chi connectivity index (χ0v) is 11.7. The fourth-order valence-electron chi connectivity index (χ4n) is 3.12. The van der Waals surface area contributed by atoms with E-state index in [1.807, 2.05) is 52.0 Å². The summed E-state index contributed by atoms with van der Waals surface area (Å²) < 4.78 is 1.87. The first-order chi connectivity index (χ1) is 10.3. The summed E-state index contributed by atoms with van der Waals surface area (Å²) in [6.07, 6.45) is 6.38. The molecular formula is C17H15N3O. The minimum Gasteiger partial charge on any atom is -0.306 e. The van der Waals surface area contributed by atoms with Gasteiger partial charge in [0.2, 0.25) is 0 Å². The number of carbonyl (C=O) groups excluding carboxylic acids is 1. The molecule has 0 bridgehead atoms. The topological polar surface area (TPSA) is 37.6 Å². The van der Waals surface area contributed by atoms with Gasteiger partial charge in [0, 0.05) is 30.3 Å². The number of para-hydroxylation sites is 1. The van der Waals surface area contributed by atoms with Crippen molar-refractivity contribution in [1.82, 2.24) is 9.38 Å². The highest BCUT2D eigenvalue weighted by molar-refractivity contribution is 6.11. The van der Waals surface area contributed by atoms with E-state index in [1.54, 1.807) is 6.20 Å². The molecule has 0 saturated heterocycles. The Balaban J connectivity index is 1.84. The number of imidazole rings is 1. The summed E-state index contributed by atoms with van der Waals surface area (Å²) in [5.41, 5.74) is 3.60. The van der Waals surface area contributed by atoms with Crippen LogP contribution in [0.25, 0.3) is 5.65 Å². The molecule has 1 atom stereocenters. The number of anilines is 1. The van der Waals surface area contributed by atoms with E-state index in [0.29, 0.717) is 11.2 Å². The molecule has 1 unspecified atom stereocenters. The SMILES string of the molecule is CC1Cc2ccccc2N1C(=O)c1cccn2ccnc12. The zero-order chi connectivity index (χ0) is 14.4. The number of carbonyl (C=O) groups is 1. The Bertz CT molecular complexity index is 837. The van der Waals surface area contributed by atoms with Gasteiger partial charge < -0.3 is 9.30 Å². The minimum atomic E-state index is 0.0178. The Morgan fingerprint density at radius 1 is 1.19 bits per heavy atom. The van der Waals surface area contributed by atoms with Crippen molar-refractivity contribution in [2.45, 2.75) is 19.4 Å². The Morgan fingerprint density at radius 2 is 2.05 bits per heavy atom. The van der Waals surface area contributed by atoms with Crippen LogP contribution in [0.5, 0.6) is 0 Å². The Kier molecular flexibility index (Phi) is 2.57.